The minimum Gasteiger partial charge on any atom is -0.352 e. The zero-order chi connectivity index (χ0) is 18.6. The molecule has 132 valence electrons. The molecule has 25 heavy (non-hydrogen) atoms. The van der Waals surface area contributed by atoms with E-state index in [2.05, 4.69) is 15.7 Å². The Kier molecular flexibility index (Phi) is 5.48. The Morgan fingerprint density at radius 2 is 1.88 bits per heavy atom. The van der Waals surface area contributed by atoms with Crippen LogP contribution in [-0.2, 0) is 11.3 Å². The molecule has 2 amide bonds. The molecule has 2 aromatic rings. The molecule has 1 aromatic heterocycles. The predicted molar refractivity (Wildman–Crippen MR) is 91.4 cm³/mol. The van der Waals surface area contributed by atoms with Gasteiger partial charge in [0, 0.05) is 17.8 Å². The van der Waals surface area contributed by atoms with Gasteiger partial charge >= 0.3 is 5.69 Å². The molecule has 1 aromatic carbocycles. The van der Waals surface area contributed by atoms with Crippen LogP contribution in [0, 0.1) is 24.0 Å². The molecule has 0 saturated heterocycles. The van der Waals surface area contributed by atoms with Gasteiger partial charge < -0.3 is 10.6 Å². The lowest BCUT2D eigenvalue weighted by atomic mass is 10.2. The summed E-state index contributed by atoms with van der Waals surface area (Å²) >= 11 is 0. The maximum atomic E-state index is 12.1. The van der Waals surface area contributed by atoms with Crippen molar-refractivity contribution in [3.8, 4) is 0 Å². The highest BCUT2D eigenvalue weighted by atomic mass is 16.6. The van der Waals surface area contributed by atoms with Gasteiger partial charge in [0.25, 0.3) is 5.91 Å². The number of nitro groups is 1. The van der Waals surface area contributed by atoms with Gasteiger partial charge in [-0.2, -0.15) is 5.10 Å². The highest BCUT2D eigenvalue weighted by Gasteiger charge is 2.22. The van der Waals surface area contributed by atoms with Crippen LogP contribution in [0.15, 0.2) is 24.3 Å². The van der Waals surface area contributed by atoms with Crippen LogP contribution in [0.4, 0.5) is 11.4 Å². The first-order valence-electron chi connectivity index (χ1n) is 7.70. The lowest BCUT2D eigenvalue weighted by molar-refractivity contribution is -0.386. The fourth-order valence-electron chi connectivity index (χ4n) is 2.41. The molecular formula is C16H19N5O4. The Labute approximate surface area is 144 Å². The van der Waals surface area contributed by atoms with Crippen molar-refractivity contribution in [3.63, 3.8) is 0 Å². The van der Waals surface area contributed by atoms with Crippen LogP contribution in [0.2, 0.25) is 0 Å². The Morgan fingerprint density at radius 3 is 2.40 bits per heavy atom. The molecular weight excluding hydrogens is 326 g/mol. The maximum Gasteiger partial charge on any atom is 0.312 e. The quantitative estimate of drug-likeness (QED) is 0.611. The van der Waals surface area contributed by atoms with Crippen molar-refractivity contribution in [1.82, 2.24) is 15.1 Å². The van der Waals surface area contributed by atoms with Crippen molar-refractivity contribution in [2.24, 2.45) is 0 Å². The number of amides is 2. The summed E-state index contributed by atoms with van der Waals surface area (Å²) in [5.41, 5.74) is 1.52. The molecule has 0 atom stereocenters. The fourth-order valence-corrected chi connectivity index (χ4v) is 2.41. The molecule has 1 heterocycles. The third-order valence-corrected chi connectivity index (χ3v) is 3.59. The summed E-state index contributed by atoms with van der Waals surface area (Å²) in [7, 11) is 0. The molecule has 2 rings (SSSR count). The maximum absolute atomic E-state index is 12.1. The Balaban J connectivity index is 2.05. The van der Waals surface area contributed by atoms with E-state index in [0.29, 0.717) is 23.5 Å². The first-order chi connectivity index (χ1) is 11.8. The number of aromatic nitrogens is 2. The number of benzene rings is 1. The lowest BCUT2D eigenvalue weighted by Gasteiger charge is -2.07. The molecule has 0 aliphatic heterocycles. The summed E-state index contributed by atoms with van der Waals surface area (Å²) in [5.74, 6) is -0.554. The topological polar surface area (TPSA) is 119 Å². The number of carbonyl (C=O) groups is 2. The van der Waals surface area contributed by atoms with Crippen LogP contribution in [0.5, 0.6) is 0 Å². The molecule has 2 N–H and O–H groups in total. The van der Waals surface area contributed by atoms with Gasteiger partial charge in [-0.3, -0.25) is 24.4 Å². The van der Waals surface area contributed by atoms with Gasteiger partial charge in [0.1, 0.15) is 17.9 Å². The molecule has 9 heteroatoms. The molecule has 0 unspecified atom stereocenters. The van der Waals surface area contributed by atoms with Crippen LogP contribution < -0.4 is 10.6 Å². The first-order valence-corrected chi connectivity index (χ1v) is 7.70. The molecule has 0 aliphatic rings. The Morgan fingerprint density at radius 1 is 1.24 bits per heavy atom. The predicted octanol–water partition coefficient (Wildman–Crippen LogP) is 1.80. The average Bonchev–Trinajstić information content (AvgIpc) is 2.82. The van der Waals surface area contributed by atoms with E-state index in [1.165, 1.54) is 11.6 Å². The van der Waals surface area contributed by atoms with Crippen LogP contribution in [0.25, 0.3) is 0 Å². The number of rotatable bonds is 6. The highest BCUT2D eigenvalue weighted by Crippen LogP contribution is 2.21. The minimum absolute atomic E-state index is 0.0842. The van der Waals surface area contributed by atoms with E-state index in [1.54, 1.807) is 31.2 Å². The molecule has 0 spiro atoms. The SMILES string of the molecule is CCNC(=O)c1ccc(NC(=O)Cn2nc(C)c([N+](=O)[O-])c2C)cc1. The summed E-state index contributed by atoms with van der Waals surface area (Å²) < 4.78 is 1.30. The van der Waals surface area contributed by atoms with Crippen molar-refractivity contribution in [1.29, 1.82) is 0 Å². The second-order valence-corrected chi connectivity index (χ2v) is 5.42. The third-order valence-electron chi connectivity index (χ3n) is 3.59. The van der Waals surface area contributed by atoms with Crippen molar-refractivity contribution in [3.05, 3.63) is 51.3 Å². The normalized spacial score (nSPS) is 10.4. The Bertz CT molecular complexity index is 811. The minimum atomic E-state index is -0.508. The van der Waals surface area contributed by atoms with Gasteiger partial charge in [-0.05, 0) is 45.0 Å². The average molecular weight is 345 g/mol. The number of nitrogens with zero attached hydrogens (tertiary/aromatic N) is 3. The van der Waals surface area contributed by atoms with E-state index in [4.69, 9.17) is 0 Å². The second kappa shape index (κ2) is 7.56. The van der Waals surface area contributed by atoms with Crippen LogP contribution >= 0.6 is 0 Å². The number of hydrogen-bond acceptors (Lipinski definition) is 5. The van der Waals surface area contributed by atoms with Gasteiger partial charge in [-0.25, -0.2) is 0 Å². The Hall–Kier alpha value is -3.23. The third kappa shape index (κ3) is 4.19. The van der Waals surface area contributed by atoms with Gasteiger partial charge in [0.05, 0.1) is 4.92 Å². The van der Waals surface area contributed by atoms with E-state index in [0.717, 1.165) is 0 Å². The monoisotopic (exact) mass is 345 g/mol. The van der Waals surface area contributed by atoms with Crippen molar-refractivity contribution in [2.75, 3.05) is 11.9 Å². The molecule has 0 bridgehead atoms. The standard InChI is InChI=1S/C16H19N5O4/c1-4-17-16(23)12-5-7-13(8-6-12)18-14(22)9-20-11(3)15(21(24)25)10(2)19-20/h5-8H,4,9H2,1-3H3,(H,17,23)(H,18,22). The molecule has 0 saturated carbocycles. The van der Waals surface area contributed by atoms with Crippen molar-refractivity contribution < 1.29 is 14.5 Å². The number of anilines is 1. The van der Waals surface area contributed by atoms with Crippen LogP contribution in [-0.4, -0.2) is 33.1 Å². The van der Waals surface area contributed by atoms with Gasteiger partial charge in [-0.1, -0.05) is 0 Å². The summed E-state index contributed by atoms with van der Waals surface area (Å²) in [6.07, 6.45) is 0. The van der Waals surface area contributed by atoms with E-state index in [-0.39, 0.29) is 29.7 Å². The van der Waals surface area contributed by atoms with E-state index in [9.17, 15) is 19.7 Å². The van der Waals surface area contributed by atoms with Crippen molar-refractivity contribution in [2.45, 2.75) is 27.3 Å². The summed E-state index contributed by atoms with van der Waals surface area (Å²) in [6, 6.07) is 6.45. The van der Waals surface area contributed by atoms with Gasteiger partial charge in [0.2, 0.25) is 5.91 Å². The number of hydrogen-bond donors (Lipinski definition) is 2. The van der Waals surface area contributed by atoms with Crippen molar-refractivity contribution >= 4 is 23.2 Å². The van der Waals surface area contributed by atoms with E-state index in [1.807, 2.05) is 6.92 Å². The highest BCUT2D eigenvalue weighted by molar-refractivity contribution is 5.95. The van der Waals surface area contributed by atoms with E-state index >= 15 is 0 Å². The summed E-state index contributed by atoms with van der Waals surface area (Å²) in [6.45, 7) is 5.30. The number of nitrogens with one attached hydrogen (secondary N) is 2. The lowest BCUT2D eigenvalue weighted by Crippen LogP contribution is -2.23. The zero-order valence-electron chi connectivity index (χ0n) is 14.2. The number of carbonyl (C=O) groups excluding carboxylic acids is 2. The summed E-state index contributed by atoms with van der Waals surface area (Å²) in [4.78, 5) is 34.3. The molecule has 0 radical (unpaired) electrons. The van der Waals surface area contributed by atoms with Gasteiger partial charge in [0.15, 0.2) is 0 Å². The van der Waals surface area contributed by atoms with Crippen LogP contribution in [0.1, 0.15) is 28.7 Å². The largest absolute Gasteiger partial charge is 0.352 e. The summed E-state index contributed by atoms with van der Waals surface area (Å²) in [5, 5.41) is 20.4. The fraction of sp³-hybridized carbons (Fsp3) is 0.312. The smallest absolute Gasteiger partial charge is 0.312 e. The van der Waals surface area contributed by atoms with Crippen LogP contribution in [0.3, 0.4) is 0 Å². The molecule has 0 aliphatic carbocycles. The second-order valence-electron chi connectivity index (χ2n) is 5.42. The molecule has 9 nitrogen and oxygen atoms in total. The first kappa shape index (κ1) is 18.1. The van der Waals surface area contributed by atoms with Gasteiger partial charge in [-0.15, -0.1) is 0 Å². The van der Waals surface area contributed by atoms with E-state index < -0.39 is 4.92 Å². The zero-order valence-corrected chi connectivity index (χ0v) is 14.2. The molecule has 0 fully saturated rings. The number of aryl methyl sites for hydroxylation is 1.